The molecule has 2 heteroatoms. The van der Waals surface area contributed by atoms with Gasteiger partial charge in [0.25, 0.3) is 0 Å². The summed E-state index contributed by atoms with van der Waals surface area (Å²) in [5.74, 6) is 0. The van der Waals surface area contributed by atoms with Crippen LogP contribution in [0.2, 0.25) is 0 Å². The summed E-state index contributed by atoms with van der Waals surface area (Å²) in [4.78, 5) is 0. The fraction of sp³-hybridized carbons (Fsp3) is 0.118. The predicted octanol–water partition coefficient (Wildman–Crippen LogP) is 8.94. The fourth-order valence-electron chi connectivity index (χ4n) is 3.77. The molecule has 6 aromatic rings. The second kappa shape index (κ2) is 16.8. The van der Waals surface area contributed by atoms with E-state index in [1.807, 2.05) is 60.7 Å². The van der Waals surface area contributed by atoms with Crippen molar-refractivity contribution in [2.75, 3.05) is 0 Å². The second-order valence-corrected chi connectivity index (χ2v) is 8.38. The zero-order valence-corrected chi connectivity index (χ0v) is 25.0. The number of rotatable bonds is 0. The molecule has 0 saturated heterocycles. The largest absolute Gasteiger partial charge is 0.184 e. The van der Waals surface area contributed by atoms with E-state index in [0.29, 0.717) is 0 Å². The van der Waals surface area contributed by atoms with Gasteiger partial charge in [-0.2, -0.15) is 84.9 Å². The van der Waals surface area contributed by atoms with Crippen molar-refractivity contribution >= 4 is 28.4 Å². The first-order valence-corrected chi connectivity index (χ1v) is 16.1. The number of fused-ring (bicyclic) bond motifs is 2. The van der Waals surface area contributed by atoms with Crippen molar-refractivity contribution < 1.29 is 23.3 Å². The Kier molecular flexibility index (Phi) is 13.7. The maximum atomic E-state index is 3.06. The molecule has 36 heavy (non-hydrogen) atoms. The quantitative estimate of drug-likeness (QED) is 0.129. The van der Waals surface area contributed by atoms with Crippen LogP contribution in [0.25, 0.3) is 21.5 Å². The van der Waals surface area contributed by atoms with Crippen LogP contribution < -0.4 is 0 Å². The van der Waals surface area contributed by atoms with Crippen molar-refractivity contribution in [3.63, 3.8) is 0 Å². The third kappa shape index (κ3) is 10.1. The van der Waals surface area contributed by atoms with Crippen LogP contribution in [-0.4, -0.2) is 6.88 Å². The van der Waals surface area contributed by atoms with Crippen LogP contribution in [0.4, 0.5) is 0 Å². The van der Waals surface area contributed by atoms with Crippen molar-refractivity contribution in [2.45, 2.75) is 27.7 Å². The van der Waals surface area contributed by atoms with Gasteiger partial charge >= 0.3 is 30.2 Å². The van der Waals surface area contributed by atoms with Crippen LogP contribution in [0, 0.1) is 39.8 Å². The molecule has 0 atom stereocenters. The first-order valence-electron chi connectivity index (χ1n) is 11.9. The topological polar surface area (TPSA) is 0 Å². The second-order valence-electron chi connectivity index (χ2n) is 8.38. The molecule has 0 aliphatic rings. The number of hydrogen-bond acceptors (Lipinski definition) is 0. The molecule has 0 spiro atoms. The van der Waals surface area contributed by atoms with Gasteiger partial charge in [-0.1, -0.05) is 37.1 Å². The Hall–Kier alpha value is -2.80. The van der Waals surface area contributed by atoms with E-state index in [1.165, 1.54) is 67.1 Å². The molecule has 0 heterocycles. The third-order valence-corrected chi connectivity index (χ3v) is 5.44. The Balaban J connectivity index is 0.000000171. The SMILES string of the molecule is Cc1cc2c(C)cccc2[cH-]1.Cc1cc2c(C)cccc2[cH-]1.[Si]=[Zr].[c-]1ccccc1.[c-]1ccccc1. The van der Waals surface area contributed by atoms with Crippen molar-refractivity contribution in [3.8, 4) is 0 Å². The Bertz CT molecular complexity index is 1230. The molecule has 0 amide bonds. The van der Waals surface area contributed by atoms with E-state index in [9.17, 15) is 0 Å². The number of hydrogen-bond donors (Lipinski definition) is 0. The summed E-state index contributed by atoms with van der Waals surface area (Å²) in [5, 5.41) is 5.51. The molecular weight excluding hydrogens is 528 g/mol. The fourth-order valence-corrected chi connectivity index (χ4v) is 3.77. The first kappa shape index (κ1) is 29.4. The van der Waals surface area contributed by atoms with Crippen LogP contribution >= 0.6 is 0 Å². The number of aryl methyl sites for hydroxylation is 4. The average Bonchev–Trinajstić information content (AvgIpc) is 3.51. The van der Waals surface area contributed by atoms with Crippen molar-refractivity contribution in [1.82, 2.24) is 0 Å². The Morgan fingerprint density at radius 1 is 0.528 bits per heavy atom. The standard InChI is InChI=1S/2C11H11.2C6H5.Si.Zr/c2*1-8-6-10-5-3-4-9(2)11(10)7-8;2*1-2-4-6-5-3-1;;/h2*3-7H,1-2H3;2*1-5H;;/q4*-1;;. The molecule has 0 nitrogen and oxygen atoms in total. The van der Waals surface area contributed by atoms with Crippen LogP contribution in [0.3, 0.4) is 0 Å². The maximum absolute atomic E-state index is 3.06. The van der Waals surface area contributed by atoms with E-state index in [0.717, 1.165) is 0 Å². The summed E-state index contributed by atoms with van der Waals surface area (Å²) in [7, 11) is 0. The predicted molar refractivity (Wildman–Crippen MR) is 154 cm³/mol. The van der Waals surface area contributed by atoms with Crippen LogP contribution in [0.1, 0.15) is 22.3 Å². The zero-order valence-electron chi connectivity index (χ0n) is 21.5. The summed E-state index contributed by atoms with van der Waals surface area (Å²) in [6, 6.07) is 46.8. The maximum Gasteiger partial charge on any atom is -0.171 e. The summed E-state index contributed by atoms with van der Waals surface area (Å²) in [5.41, 5.74) is 5.45. The van der Waals surface area contributed by atoms with Gasteiger partial charge in [-0.25, -0.2) is 0 Å². The van der Waals surface area contributed by atoms with Crippen molar-refractivity contribution in [3.05, 3.63) is 156 Å². The molecule has 0 bridgehead atoms. The normalized spacial score (nSPS) is 9.31. The van der Waals surface area contributed by atoms with Crippen LogP contribution in [-0.2, 0) is 23.3 Å². The smallest absolute Gasteiger partial charge is 0.171 e. The van der Waals surface area contributed by atoms with Gasteiger partial charge in [0.2, 0.25) is 0 Å². The van der Waals surface area contributed by atoms with Crippen molar-refractivity contribution in [2.24, 2.45) is 0 Å². The van der Waals surface area contributed by atoms with Gasteiger partial charge in [0, 0.05) is 0 Å². The minimum absolute atomic E-state index is 1.36. The summed E-state index contributed by atoms with van der Waals surface area (Å²) >= 11 is 1.36. The third-order valence-electron chi connectivity index (χ3n) is 5.44. The van der Waals surface area contributed by atoms with E-state index in [-0.39, 0.29) is 0 Å². The van der Waals surface area contributed by atoms with Gasteiger partial charge in [0.05, 0.1) is 0 Å². The number of benzene rings is 4. The molecule has 0 N–H and O–H groups in total. The molecule has 0 aliphatic carbocycles. The Morgan fingerprint density at radius 2 is 0.889 bits per heavy atom. The molecule has 0 saturated carbocycles. The van der Waals surface area contributed by atoms with Gasteiger partial charge in [0.1, 0.15) is 0 Å². The van der Waals surface area contributed by atoms with Crippen LogP contribution in [0.15, 0.2) is 121 Å². The van der Waals surface area contributed by atoms with Gasteiger partial charge in [-0.05, 0) is 13.8 Å². The molecular formula is C34H32SiZr-4. The van der Waals surface area contributed by atoms with Gasteiger partial charge in [-0.15, -0.1) is 69.1 Å². The summed E-state index contributed by atoms with van der Waals surface area (Å²) < 4.78 is 0. The minimum Gasteiger partial charge on any atom is -0.184 e. The molecule has 180 valence electrons. The molecule has 0 unspecified atom stereocenters. The van der Waals surface area contributed by atoms with E-state index in [2.05, 4.69) is 107 Å². The monoisotopic (exact) mass is 558 g/mol. The summed E-state index contributed by atoms with van der Waals surface area (Å²) in [6.45, 7) is 11.6. The van der Waals surface area contributed by atoms with E-state index >= 15 is 0 Å². The van der Waals surface area contributed by atoms with Gasteiger partial charge in [0.15, 0.2) is 0 Å². The zero-order chi connectivity index (χ0) is 26.2. The van der Waals surface area contributed by atoms with E-state index in [4.69, 9.17) is 0 Å². The van der Waals surface area contributed by atoms with E-state index < -0.39 is 0 Å². The van der Waals surface area contributed by atoms with E-state index in [1.54, 1.807) is 0 Å². The molecule has 6 rings (SSSR count). The first-order chi connectivity index (χ1) is 17.5. The molecule has 0 aliphatic heterocycles. The molecule has 2 radical (unpaired) electrons. The molecule has 6 aromatic carbocycles. The summed E-state index contributed by atoms with van der Waals surface area (Å²) in [6.07, 6.45) is 0. The average molecular weight is 560 g/mol. The molecule has 0 aromatic heterocycles. The minimum atomic E-state index is 1.36. The van der Waals surface area contributed by atoms with Gasteiger partial charge < -0.3 is 0 Å². The Morgan fingerprint density at radius 3 is 1.14 bits per heavy atom. The van der Waals surface area contributed by atoms with Crippen LogP contribution in [0.5, 0.6) is 0 Å². The van der Waals surface area contributed by atoms with Crippen molar-refractivity contribution in [1.29, 1.82) is 0 Å². The Labute approximate surface area is 233 Å². The van der Waals surface area contributed by atoms with Gasteiger partial charge in [-0.3, -0.25) is 0 Å². The molecule has 0 fully saturated rings.